The lowest BCUT2D eigenvalue weighted by Crippen LogP contribution is -2.29. The summed E-state index contributed by atoms with van der Waals surface area (Å²) in [5, 5.41) is 0.867. The van der Waals surface area contributed by atoms with Gasteiger partial charge in [-0.25, -0.2) is 9.97 Å². The number of nitrogens with two attached hydrogens (primary N) is 1. The van der Waals surface area contributed by atoms with Crippen molar-refractivity contribution in [3.05, 3.63) is 40.4 Å². The van der Waals surface area contributed by atoms with E-state index in [-0.39, 0.29) is 17.5 Å². The summed E-state index contributed by atoms with van der Waals surface area (Å²) in [6, 6.07) is 5.91. The molecule has 1 fully saturated rings. The van der Waals surface area contributed by atoms with Crippen LogP contribution in [0.25, 0.3) is 22.2 Å². The van der Waals surface area contributed by atoms with Gasteiger partial charge >= 0.3 is 0 Å². The number of rotatable bonds is 3. The molecule has 0 aromatic carbocycles. The van der Waals surface area contributed by atoms with Crippen molar-refractivity contribution in [2.45, 2.75) is 45.1 Å². The smallest absolute Gasteiger partial charge is 0.260 e. The number of nitrogens with zero attached hydrogens (tertiary/aromatic N) is 5. The highest BCUT2D eigenvalue weighted by molar-refractivity contribution is 5.84. The van der Waals surface area contributed by atoms with Crippen molar-refractivity contribution in [2.75, 3.05) is 24.7 Å². The van der Waals surface area contributed by atoms with Crippen molar-refractivity contribution in [1.29, 1.82) is 0 Å². The van der Waals surface area contributed by atoms with E-state index in [1.165, 1.54) is 6.42 Å². The lowest BCUT2D eigenvalue weighted by molar-refractivity contribution is 0.353. The van der Waals surface area contributed by atoms with Crippen molar-refractivity contribution < 1.29 is 0 Å². The molecule has 0 radical (unpaired) electrons. The predicted octanol–water partition coefficient (Wildman–Crippen LogP) is 3.32. The van der Waals surface area contributed by atoms with Crippen LogP contribution in [0.1, 0.15) is 43.8 Å². The molecule has 1 saturated carbocycles. The number of aryl methyl sites for hydroxylation is 1. The number of pyridine rings is 2. The molecule has 4 rings (SSSR count). The maximum atomic E-state index is 13.5. The van der Waals surface area contributed by atoms with Crippen LogP contribution in [-0.2, 0) is 0 Å². The predicted molar refractivity (Wildman–Crippen MR) is 113 cm³/mol. The highest BCUT2D eigenvalue weighted by atomic mass is 16.1. The van der Waals surface area contributed by atoms with E-state index in [0.29, 0.717) is 11.2 Å². The van der Waals surface area contributed by atoms with Gasteiger partial charge in [-0.2, -0.15) is 4.98 Å². The summed E-state index contributed by atoms with van der Waals surface area (Å²) in [5.41, 5.74) is 8.75. The average Bonchev–Trinajstić information content (AvgIpc) is 2.68. The van der Waals surface area contributed by atoms with Gasteiger partial charge in [-0.15, -0.1) is 0 Å². The molecule has 3 aromatic rings. The van der Waals surface area contributed by atoms with Gasteiger partial charge in [-0.3, -0.25) is 9.36 Å². The zero-order chi connectivity index (χ0) is 19.8. The van der Waals surface area contributed by atoms with E-state index in [0.717, 1.165) is 48.1 Å². The van der Waals surface area contributed by atoms with Crippen LogP contribution in [0.2, 0.25) is 0 Å². The van der Waals surface area contributed by atoms with E-state index in [4.69, 9.17) is 5.73 Å². The summed E-state index contributed by atoms with van der Waals surface area (Å²) in [6.45, 7) is 1.91. The van der Waals surface area contributed by atoms with Crippen molar-refractivity contribution in [3.8, 4) is 11.1 Å². The average molecular weight is 378 g/mol. The SMILES string of the molecule is Cc1nc(N)nc2c1cc(-c1ccc(N(C)C)nc1)c(=O)n2C1CCCCC1. The summed E-state index contributed by atoms with van der Waals surface area (Å²) in [6.07, 6.45) is 7.20. The number of anilines is 2. The third-order valence-electron chi connectivity index (χ3n) is 5.56. The molecule has 1 aliphatic carbocycles. The van der Waals surface area contributed by atoms with Crippen molar-refractivity contribution in [1.82, 2.24) is 19.5 Å². The van der Waals surface area contributed by atoms with Crippen LogP contribution < -0.4 is 16.2 Å². The van der Waals surface area contributed by atoms with Crippen LogP contribution in [0.15, 0.2) is 29.2 Å². The van der Waals surface area contributed by atoms with Gasteiger partial charge in [0.25, 0.3) is 5.56 Å². The van der Waals surface area contributed by atoms with E-state index in [9.17, 15) is 4.79 Å². The Balaban J connectivity index is 1.97. The first kappa shape index (κ1) is 18.4. The maximum absolute atomic E-state index is 13.5. The molecule has 146 valence electrons. The summed E-state index contributed by atoms with van der Waals surface area (Å²) < 4.78 is 1.86. The largest absolute Gasteiger partial charge is 0.368 e. The number of hydrogen-bond acceptors (Lipinski definition) is 6. The zero-order valence-electron chi connectivity index (χ0n) is 16.6. The maximum Gasteiger partial charge on any atom is 0.260 e. The van der Waals surface area contributed by atoms with Crippen molar-refractivity contribution >= 4 is 22.8 Å². The van der Waals surface area contributed by atoms with Gasteiger partial charge in [-0.05, 0) is 38.0 Å². The number of fused-ring (bicyclic) bond motifs is 1. The standard InChI is InChI=1S/C21H26N6O/c1-13-16-11-17(14-9-10-18(23-12-14)26(2)3)20(28)27(15-7-5-4-6-8-15)19(16)25-21(22)24-13/h9-12,15H,4-8H2,1-3H3,(H2,22,24,25). The monoisotopic (exact) mass is 378 g/mol. The highest BCUT2D eigenvalue weighted by Gasteiger charge is 2.23. The Kier molecular flexibility index (Phi) is 4.75. The second kappa shape index (κ2) is 7.22. The Morgan fingerprint density at radius 2 is 1.89 bits per heavy atom. The lowest BCUT2D eigenvalue weighted by atomic mass is 9.94. The fraction of sp³-hybridized carbons (Fsp3) is 0.429. The minimum Gasteiger partial charge on any atom is -0.368 e. The quantitative estimate of drug-likeness (QED) is 0.752. The number of aromatic nitrogens is 4. The van der Waals surface area contributed by atoms with Crippen LogP contribution in [0.4, 0.5) is 11.8 Å². The number of hydrogen-bond donors (Lipinski definition) is 1. The van der Waals surface area contributed by atoms with E-state index >= 15 is 0 Å². The first-order chi connectivity index (χ1) is 13.5. The van der Waals surface area contributed by atoms with E-state index < -0.39 is 0 Å². The van der Waals surface area contributed by atoms with Crippen LogP contribution >= 0.6 is 0 Å². The topological polar surface area (TPSA) is 89.9 Å². The Labute approximate surface area is 164 Å². The van der Waals surface area contributed by atoms with E-state index in [1.807, 2.05) is 48.7 Å². The summed E-state index contributed by atoms with van der Waals surface area (Å²) in [4.78, 5) is 28.7. The minimum atomic E-state index is -0.0312. The van der Waals surface area contributed by atoms with Crippen LogP contribution in [0.3, 0.4) is 0 Å². The fourth-order valence-electron chi connectivity index (χ4n) is 4.07. The van der Waals surface area contributed by atoms with Crippen LogP contribution in [0, 0.1) is 6.92 Å². The molecule has 0 aliphatic heterocycles. The fourth-order valence-corrected chi connectivity index (χ4v) is 4.07. The third-order valence-corrected chi connectivity index (χ3v) is 5.56. The molecule has 0 spiro atoms. The molecule has 3 aromatic heterocycles. The summed E-state index contributed by atoms with van der Waals surface area (Å²) in [5.74, 6) is 1.06. The molecule has 7 heteroatoms. The molecule has 0 bridgehead atoms. The normalized spacial score (nSPS) is 15.1. The van der Waals surface area contributed by atoms with Crippen LogP contribution in [-0.4, -0.2) is 33.6 Å². The molecule has 1 aliphatic rings. The highest BCUT2D eigenvalue weighted by Crippen LogP contribution is 2.31. The van der Waals surface area contributed by atoms with Gasteiger partial charge in [-0.1, -0.05) is 19.3 Å². The molecular weight excluding hydrogens is 352 g/mol. The van der Waals surface area contributed by atoms with Crippen molar-refractivity contribution in [2.24, 2.45) is 0 Å². The van der Waals surface area contributed by atoms with Gasteiger partial charge in [0, 0.05) is 42.8 Å². The van der Waals surface area contributed by atoms with Crippen molar-refractivity contribution in [3.63, 3.8) is 0 Å². The molecule has 2 N–H and O–H groups in total. The molecule has 28 heavy (non-hydrogen) atoms. The minimum absolute atomic E-state index is 0.0312. The molecule has 0 unspecified atom stereocenters. The Hall–Kier alpha value is -2.96. The Morgan fingerprint density at radius 1 is 1.14 bits per heavy atom. The van der Waals surface area contributed by atoms with Gasteiger partial charge in [0.1, 0.15) is 11.5 Å². The van der Waals surface area contributed by atoms with Crippen LogP contribution in [0.5, 0.6) is 0 Å². The number of nitrogen functional groups attached to an aromatic ring is 1. The molecule has 3 heterocycles. The molecular formula is C21H26N6O. The van der Waals surface area contributed by atoms with Gasteiger partial charge < -0.3 is 10.6 Å². The molecule has 0 atom stereocenters. The first-order valence-electron chi connectivity index (χ1n) is 9.79. The second-order valence-electron chi connectivity index (χ2n) is 7.73. The molecule has 0 saturated heterocycles. The third kappa shape index (κ3) is 3.21. The van der Waals surface area contributed by atoms with Gasteiger partial charge in [0.2, 0.25) is 5.95 Å². The summed E-state index contributed by atoms with van der Waals surface area (Å²) >= 11 is 0. The van der Waals surface area contributed by atoms with Gasteiger partial charge in [0.15, 0.2) is 0 Å². The summed E-state index contributed by atoms with van der Waals surface area (Å²) in [7, 11) is 3.89. The lowest BCUT2D eigenvalue weighted by Gasteiger charge is -2.26. The molecule has 0 amide bonds. The second-order valence-corrected chi connectivity index (χ2v) is 7.73. The van der Waals surface area contributed by atoms with E-state index in [2.05, 4.69) is 15.0 Å². The Morgan fingerprint density at radius 3 is 2.54 bits per heavy atom. The van der Waals surface area contributed by atoms with E-state index in [1.54, 1.807) is 6.20 Å². The molecule has 7 nitrogen and oxygen atoms in total. The Bertz CT molecular complexity index is 1060. The first-order valence-corrected chi connectivity index (χ1v) is 9.79. The van der Waals surface area contributed by atoms with Gasteiger partial charge in [0.05, 0.1) is 5.69 Å². The zero-order valence-corrected chi connectivity index (χ0v) is 16.6.